The lowest BCUT2D eigenvalue weighted by Gasteiger charge is -2.31. The van der Waals surface area contributed by atoms with E-state index < -0.39 is 33.5 Å². The molecule has 2 saturated heterocycles. The van der Waals surface area contributed by atoms with Crippen molar-refractivity contribution in [3.63, 3.8) is 0 Å². The van der Waals surface area contributed by atoms with Crippen LogP contribution in [0.2, 0.25) is 5.02 Å². The van der Waals surface area contributed by atoms with Crippen LogP contribution in [0.15, 0.2) is 71.6 Å². The molecule has 2 aliphatic heterocycles. The van der Waals surface area contributed by atoms with Gasteiger partial charge < -0.3 is 19.7 Å². The maximum atomic E-state index is 16.6. The first-order chi connectivity index (χ1) is 22.5. The molecule has 3 fully saturated rings. The molecular weight excluding hydrogens is 648 g/mol. The maximum absolute atomic E-state index is 16.6. The van der Waals surface area contributed by atoms with E-state index in [2.05, 4.69) is 10.0 Å². The molecule has 1 saturated carbocycles. The van der Waals surface area contributed by atoms with Crippen LogP contribution in [0.1, 0.15) is 37.7 Å². The van der Waals surface area contributed by atoms with Gasteiger partial charge in [-0.2, -0.15) is 13.5 Å². The lowest BCUT2D eigenvalue weighted by Crippen LogP contribution is -2.56. The number of carbonyl (C=O) groups excluding carboxylic acids is 1. The van der Waals surface area contributed by atoms with Gasteiger partial charge in [-0.15, -0.1) is 0 Å². The molecule has 252 valence electrons. The summed E-state index contributed by atoms with van der Waals surface area (Å²) in [6.45, 7) is 2.45. The van der Waals surface area contributed by atoms with Crippen molar-refractivity contribution < 1.29 is 31.5 Å². The smallest absolute Gasteiger partial charge is 0.298 e. The third kappa shape index (κ3) is 7.43. The zero-order valence-electron chi connectivity index (χ0n) is 26.3. The number of halogens is 3. The first-order valence-corrected chi connectivity index (χ1v) is 18.0. The number of likely N-dealkylation sites (tertiary alicyclic amines) is 1. The summed E-state index contributed by atoms with van der Waals surface area (Å²) in [6.07, 6.45) is 5.79. The van der Waals surface area contributed by atoms with Gasteiger partial charge in [0, 0.05) is 42.3 Å². The van der Waals surface area contributed by atoms with Crippen molar-refractivity contribution >= 4 is 27.5 Å². The number of fused-ring (bicyclic) bond motifs is 1. The van der Waals surface area contributed by atoms with E-state index in [4.69, 9.17) is 21.1 Å². The topological polar surface area (TPSA) is 97.0 Å². The third-order valence-electron chi connectivity index (χ3n) is 9.67. The summed E-state index contributed by atoms with van der Waals surface area (Å²) in [4.78, 5) is 15.0. The van der Waals surface area contributed by atoms with Crippen molar-refractivity contribution in [3.8, 4) is 22.6 Å². The van der Waals surface area contributed by atoms with Gasteiger partial charge in [-0.1, -0.05) is 55.1 Å². The monoisotopic (exact) mass is 687 g/mol. The van der Waals surface area contributed by atoms with E-state index in [1.807, 2.05) is 0 Å². The quantitative estimate of drug-likeness (QED) is 0.253. The molecule has 6 rings (SSSR count). The number of methoxy groups -OCH3 is 1. The number of carbonyl (C=O) groups is 1. The molecule has 3 atom stereocenters. The molecule has 2 heterocycles. The van der Waals surface area contributed by atoms with E-state index in [-0.39, 0.29) is 35.6 Å². The van der Waals surface area contributed by atoms with Crippen LogP contribution in [-0.4, -0.2) is 65.2 Å². The van der Waals surface area contributed by atoms with Crippen LogP contribution in [0, 0.1) is 17.8 Å². The Labute approximate surface area is 279 Å². The molecule has 8 nitrogen and oxygen atoms in total. The number of benzene rings is 3. The molecule has 2 N–H and O–H groups in total. The second-order valence-electron chi connectivity index (χ2n) is 12.8. The maximum Gasteiger partial charge on any atom is 0.298 e. The summed E-state index contributed by atoms with van der Waals surface area (Å²) in [5.74, 6) is -3.55. The Hall–Kier alpha value is -3.25. The first-order valence-electron chi connectivity index (χ1n) is 16.1. The zero-order valence-corrected chi connectivity index (χ0v) is 27.8. The number of hydrogen-bond donors (Lipinski definition) is 2. The molecule has 0 unspecified atom stereocenters. The number of alkyl halides is 2. The first kappa shape index (κ1) is 33.6. The molecule has 0 bridgehead atoms. The molecule has 0 radical (unpaired) electrons. The second-order valence-corrected chi connectivity index (χ2v) is 15.0. The number of nitrogens with zero attached hydrogens (tertiary/aromatic N) is 1. The highest BCUT2D eigenvalue weighted by atomic mass is 35.5. The van der Waals surface area contributed by atoms with Crippen molar-refractivity contribution in [2.75, 3.05) is 39.9 Å². The molecule has 0 aromatic heterocycles. The van der Waals surface area contributed by atoms with Gasteiger partial charge in [-0.3, -0.25) is 4.79 Å². The predicted octanol–water partition coefficient (Wildman–Crippen LogP) is 6.09. The van der Waals surface area contributed by atoms with E-state index >= 15 is 8.78 Å². The van der Waals surface area contributed by atoms with Gasteiger partial charge in [0.1, 0.15) is 11.5 Å². The standard InChI is InChI=1S/C35H40ClF2N3O5S/c1-45-32-17-27(9-16-31(32)24-7-10-28(36)11-8-24)35(37,38)33(34(42)41-20-25-18-39-19-26(25)21-41)40-47(43,44)30-14-12-29(13-15-30)46-22-23-5-3-2-4-6-23/h7-17,23,25-26,33,39-40H,2-6,18-22H2,1H3/t25-,26+,33-/m0/s1. The molecular formula is C35H40ClF2N3O5S. The average Bonchev–Trinajstić information content (AvgIpc) is 3.70. The fourth-order valence-electron chi connectivity index (χ4n) is 6.94. The predicted molar refractivity (Wildman–Crippen MR) is 176 cm³/mol. The Kier molecular flexibility index (Phi) is 10.1. The Morgan fingerprint density at radius 2 is 1.66 bits per heavy atom. The van der Waals surface area contributed by atoms with Crippen LogP contribution in [0.5, 0.6) is 11.5 Å². The summed E-state index contributed by atoms with van der Waals surface area (Å²) in [6, 6.07) is 13.9. The fourth-order valence-corrected chi connectivity index (χ4v) is 8.25. The molecule has 1 aliphatic carbocycles. The minimum atomic E-state index is -4.56. The van der Waals surface area contributed by atoms with E-state index in [0.29, 0.717) is 47.5 Å². The minimum Gasteiger partial charge on any atom is -0.496 e. The Morgan fingerprint density at radius 1 is 1.00 bits per heavy atom. The molecule has 3 aliphatic rings. The van der Waals surface area contributed by atoms with E-state index in [9.17, 15) is 13.2 Å². The van der Waals surface area contributed by atoms with E-state index in [1.165, 1.54) is 67.7 Å². The fraction of sp³-hybridized carbons (Fsp3) is 0.457. The Bertz CT molecular complexity index is 1660. The summed E-state index contributed by atoms with van der Waals surface area (Å²) in [7, 11) is -3.19. The average molecular weight is 688 g/mol. The number of sulfonamides is 1. The number of rotatable bonds is 11. The van der Waals surface area contributed by atoms with Crippen LogP contribution in [0.25, 0.3) is 11.1 Å². The molecule has 3 aromatic carbocycles. The van der Waals surface area contributed by atoms with Gasteiger partial charge in [0.05, 0.1) is 18.6 Å². The molecule has 47 heavy (non-hydrogen) atoms. The van der Waals surface area contributed by atoms with E-state index in [0.717, 1.165) is 18.9 Å². The summed E-state index contributed by atoms with van der Waals surface area (Å²) in [5, 5.41) is 3.79. The second kappa shape index (κ2) is 14.1. The number of ether oxygens (including phenoxy) is 2. The molecule has 1 amide bonds. The van der Waals surface area contributed by atoms with Crippen LogP contribution in [0.3, 0.4) is 0 Å². The number of nitrogens with one attached hydrogen (secondary N) is 2. The van der Waals surface area contributed by atoms with Crippen molar-refractivity contribution in [2.24, 2.45) is 17.8 Å². The van der Waals surface area contributed by atoms with Crippen LogP contribution in [-0.2, 0) is 20.7 Å². The van der Waals surface area contributed by atoms with Gasteiger partial charge in [-0.25, -0.2) is 8.42 Å². The molecule has 0 spiro atoms. The Balaban J connectivity index is 1.27. The van der Waals surface area contributed by atoms with Gasteiger partial charge in [0.15, 0.2) is 6.04 Å². The third-order valence-corrected chi connectivity index (χ3v) is 11.4. The summed E-state index contributed by atoms with van der Waals surface area (Å²) >= 11 is 6.02. The summed E-state index contributed by atoms with van der Waals surface area (Å²) < 4.78 is 74.0. The van der Waals surface area contributed by atoms with Crippen LogP contribution < -0.4 is 19.5 Å². The lowest BCUT2D eigenvalue weighted by molar-refractivity contribution is -0.143. The van der Waals surface area contributed by atoms with Crippen molar-refractivity contribution in [1.29, 1.82) is 0 Å². The van der Waals surface area contributed by atoms with Crippen molar-refractivity contribution in [1.82, 2.24) is 14.9 Å². The van der Waals surface area contributed by atoms with Crippen LogP contribution in [0.4, 0.5) is 8.78 Å². The highest BCUT2D eigenvalue weighted by molar-refractivity contribution is 7.89. The van der Waals surface area contributed by atoms with E-state index in [1.54, 1.807) is 24.3 Å². The number of amides is 1. The summed E-state index contributed by atoms with van der Waals surface area (Å²) in [5.41, 5.74) is 0.677. The molecule has 3 aromatic rings. The Morgan fingerprint density at radius 3 is 2.30 bits per heavy atom. The van der Waals surface area contributed by atoms with Gasteiger partial charge in [0.2, 0.25) is 15.9 Å². The van der Waals surface area contributed by atoms with Gasteiger partial charge in [0.25, 0.3) is 5.92 Å². The highest BCUT2D eigenvalue weighted by Gasteiger charge is 2.52. The minimum absolute atomic E-state index is 0.129. The van der Waals surface area contributed by atoms with Gasteiger partial charge >= 0.3 is 0 Å². The zero-order chi connectivity index (χ0) is 33.2. The largest absolute Gasteiger partial charge is 0.496 e. The molecule has 12 heteroatoms. The van der Waals surface area contributed by atoms with Crippen molar-refractivity contribution in [3.05, 3.63) is 77.3 Å². The highest BCUT2D eigenvalue weighted by Crippen LogP contribution is 2.40. The van der Waals surface area contributed by atoms with Crippen LogP contribution >= 0.6 is 11.6 Å². The lowest BCUT2D eigenvalue weighted by atomic mass is 9.90. The normalized spacial score (nSPS) is 21.0. The van der Waals surface area contributed by atoms with Crippen molar-refractivity contribution in [2.45, 2.75) is 49.0 Å². The van der Waals surface area contributed by atoms with Gasteiger partial charge in [-0.05, 0) is 78.6 Å². The number of hydrogen-bond acceptors (Lipinski definition) is 6. The SMILES string of the molecule is COc1cc(C(F)(F)[C@@H](NS(=O)(=O)c2ccc(OCC3CCCCC3)cc2)C(=O)N2C[C@H]3CNC[C@H]3C2)ccc1-c1ccc(Cl)cc1.